The highest BCUT2D eigenvalue weighted by Gasteiger charge is 2.52. The molecule has 3 saturated heterocycles. The molecule has 0 spiro atoms. The van der Waals surface area contributed by atoms with Gasteiger partial charge in [0.05, 0.1) is 42.5 Å². The van der Waals surface area contributed by atoms with Crippen LogP contribution in [0, 0.1) is 5.41 Å². The Balaban J connectivity index is 1.38. The van der Waals surface area contributed by atoms with Gasteiger partial charge in [-0.1, -0.05) is 0 Å². The van der Waals surface area contributed by atoms with Crippen LogP contribution in [0.5, 0.6) is 0 Å². The summed E-state index contributed by atoms with van der Waals surface area (Å²) in [5.74, 6) is -0.215. The lowest BCUT2D eigenvalue weighted by molar-refractivity contribution is -0.364. The first-order valence-electron chi connectivity index (χ1n) is 12.8. The van der Waals surface area contributed by atoms with Gasteiger partial charge in [0.25, 0.3) is 0 Å². The summed E-state index contributed by atoms with van der Waals surface area (Å²) in [5.41, 5.74) is 23.9. The smallest absolute Gasteiger partial charge is 0.187 e. The first-order chi connectivity index (χ1) is 17.5. The van der Waals surface area contributed by atoms with Crippen molar-refractivity contribution in [3.05, 3.63) is 0 Å². The lowest BCUT2D eigenvalue weighted by Crippen LogP contribution is -2.69. The van der Waals surface area contributed by atoms with E-state index in [2.05, 4.69) is 10.6 Å². The molecule has 1 aliphatic carbocycles. The van der Waals surface area contributed by atoms with Crippen molar-refractivity contribution in [2.45, 2.75) is 124 Å². The first kappa shape index (κ1) is 28.8. The summed E-state index contributed by atoms with van der Waals surface area (Å²) in [5, 5.41) is 45.1. The van der Waals surface area contributed by atoms with E-state index in [1.54, 1.807) is 14.0 Å². The molecular formula is C22H43N7O8. The molecule has 0 aromatic rings. The van der Waals surface area contributed by atoms with E-state index < -0.39 is 79.7 Å². The van der Waals surface area contributed by atoms with Crippen molar-refractivity contribution >= 4 is 5.96 Å². The van der Waals surface area contributed by atoms with Crippen LogP contribution in [0.2, 0.25) is 0 Å². The van der Waals surface area contributed by atoms with Crippen molar-refractivity contribution in [2.75, 3.05) is 7.05 Å². The number of fused-ring (bicyclic) bond motifs is 1. The first-order valence-corrected chi connectivity index (χ1v) is 12.8. The minimum atomic E-state index is -1.06. The maximum absolute atomic E-state index is 11.2. The summed E-state index contributed by atoms with van der Waals surface area (Å²) in [6.45, 7) is 1.78. The molecule has 0 amide bonds. The highest BCUT2D eigenvalue weighted by atomic mass is 16.8. The SMILES string of the molecule is CNC1C(OC2OC(C)C(NC(=N)N)CC2O)OC2CC(N)C(OC3CC(O)C(N)CC3N)OC2C1O. The number of ether oxygens (including phenoxy) is 5. The number of hydrogen-bond donors (Lipinski definition) is 10. The standard InChI is InChI=1S/C22H43N7O8/c1-7-11(29-22(26)27)5-13(31)20(33-7)37-21-16(28-2)17(32)18-15(35-21)4-10(25)19(36-18)34-14-6-12(30)8(23)3-9(14)24/h7-21,28,30-32H,3-6,23-25H2,1-2H3,(H4,26,27,29). The summed E-state index contributed by atoms with van der Waals surface area (Å²) in [4.78, 5) is 0. The zero-order chi connectivity index (χ0) is 27.0. The molecule has 4 rings (SSSR count). The van der Waals surface area contributed by atoms with E-state index in [1.807, 2.05) is 0 Å². The Kier molecular flexibility index (Phi) is 9.25. The molecule has 0 radical (unpaired) electrons. The molecule has 0 aromatic carbocycles. The molecule has 3 aliphatic heterocycles. The second kappa shape index (κ2) is 11.9. The van der Waals surface area contributed by atoms with Crippen LogP contribution in [-0.2, 0) is 23.7 Å². The second-order valence-electron chi connectivity index (χ2n) is 10.6. The Morgan fingerprint density at radius 1 is 0.865 bits per heavy atom. The van der Waals surface area contributed by atoms with Crippen LogP contribution < -0.4 is 33.6 Å². The summed E-state index contributed by atoms with van der Waals surface area (Å²) < 4.78 is 30.1. The fourth-order valence-electron chi connectivity index (χ4n) is 5.60. The van der Waals surface area contributed by atoms with Crippen LogP contribution in [0.15, 0.2) is 0 Å². The number of hydrogen-bond acceptors (Lipinski definition) is 13. The van der Waals surface area contributed by atoms with Crippen molar-refractivity contribution in [1.82, 2.24) is 10.6 Å². The topological polar surface area (TPSA) is 259 Å². The van der Waals surface area contributed by atoms with Crippen LogP contribution >= 0.6 is 0 Å². The molecule has 15 atom stereocenters. The Labute approximate surface area is 215 Å². The maximum atomic E-state index is 11.2. The Bertz CT molecular complexity index is 783. The molecule has 0 aromatic heterocycles. The van der Waals surface area contributed by atoms with Gasteiger partial charge in [-0.15, -0.1) is 0 Å². The monoisotopic (exact) mass is 533 g/mol. The zero-order valence-electron chi connectivity index (χ0n) is 21.2. The van der Waals surface area contributed by atoms with Crippen molar-refractivity contribution in [1.29, 1.82) is 5.41 Å². The number of likely N-dealkylation sites (N-methyl/N-ethyl adjacent to an activating group) is 1. The van der Waals surface area contributed by atoms with E-state index in [4.69, 9.17) is 52.0 Å². The molecular weight excluding hydrogens is 490 g/mol. The molecule has 14 N–H and O–H groups in total. The van der Waals surface area contributed by atoms with Gasteiger partial charge in [0.1, 0.15) is 18.3 Å². The van der Waals surface area contributed by atoms with Gasteiger partial charge >= 0.3 is 0 Å². The Morgan fingerprint density at radius 3 is 2.27 bits per heavy atom. The van der Waals surface area contributed by atoms with Crippen molar-refractivity contribution in [3.8, 4) is 0 Å². The minimum Gasteiger partial charge on any atom is -0.391 e. The summed E-state index contributed by atoms with van der Waals surface area (Å²) in [7, 11) is 1.65. The maximum Gasteiger partial charge on any atom is 0.187 e. The predicted octanol–water partition coefficient (Wildman–Crippen LogP) is -4.34. The number of nitrogens with two attached hydrogens (primary N) is 4. The summed E-state index contributed by atoms with van der Waals surface area (Å²) in [6.07, 6.45) is -6.72. The zero-order valence-corrected chi connectivity index (χ0v) is 21.2. The van der Waals surface area contributed by atoms with Crippen LogP contribution in [0.25, 0.3) is 0 Å². The Hall–Kier alpha value is -1.21. The quantitative estimate of drug-likeness (QED) is 0.114. The van der Waals surface area contributed by atoms with Gasteiger partial charge in [0, 0.05) is 24.9 Å². The van der Waals surface area contributed by atoms with Gasteiger partial charge in [0.15, 0.2) is 24.8 Å². The average molecular weight is 534 g/mol. The fourth-order valence-corrected chi connectivity index (χ4v) is 5.60. The molecule has 214 valence electrons. The molecule has 15 heteroatoms. The van der Waals surface area contributed by atoms with E-state index in [0.717, 1.165) is 0 Å². The number of rotatable bonds is 6. The van der Waals surface area contributed by atoms with Gasteiger partial charge in [-0.3, -0.25) is 5.41 Å². The van der Waals surface area contributed by atoms with Gasteiger partial charge in [-0.05, 0) is 26.8 Å². The van der Waals surface area contributed by atoms with Crippen LogP contribution in [0.3, 0.4) is 0 Å². The number of aliphatic hydroxyl groups is 3. The van der Waals surface area contributed by atoms with Crippen molar-refractivity contribution in [2.24, 2.45) is 22.9 Å². The molecule has 37 heavy (non-hydrogen) atoms. The summed E-state index contributed by atoms with van der Waals surface area (Å²) >= 11 is 0. The lowest BCUT2D eigenvalue weighted by atomic mass is 9.87. The largest absolute Gasteiger partial charge is 0.391 e. The summed E-state index contributed by atoms with van der Waals surface area (Å²) in [6, 6.07) is -2.45. The van der Waals surface area contributed by atoms with E-state index in [0.29, 0.717) is 12.8 Å². The lowest BCUT2D eigenvalue weighted by Gasteiger charge is -2.51. The fraction of sp³-hybridized carbons (Fsp3) is 0.955. The number of guanidine groups is 1. The second-order valence-corrected chi connectivity index (χ2v) is 10.6. The average Bonchev–Trinajstić information content (AvgIpc) is 2.81. The minimum absolute atomic E-state index is 0.215. The molecule has 4 aliphatic rings. The van der Waals surface area contributed by atoms with E-state index >= 15 is 0 Å². The molecule has 1 saturated carbocycles. The number of nitrogens with one attached hydrogen (secondary N) is 3. The van der Waals surface area contributed by atoms with Crippen molar-refractivity contribution < 1.29 is 39.0 Å². The van der Waals surface area contributed by atoms with Crippen molar-refractivity contribution in [3.63, 3.8) is 0 Å². The van der Waals surface area contributed by atoms with Gasteiger partial charge in [-0.25, -0.2) is 0 Å². The molecule has 4 fully saturated rings. The van der Waals surface area contributed by atoms with E-state index in [-0.39, 0.29) is 30.9 Å². The van der Waals surface area contributed by atoms with Gasteiger partial charge in [-0.2, -0.15) is 0 Å². The highest BCUT2D eigenvalue weighted by molar-refractivity contribution is 5.74. The van der Waals surface area contributed by atoms with E-state index in [9.17, 15) is 15.3 Å². The highest BCUT2D eigenvalue weighted by Crippen LogP contribution is 2.35. The molecule has 15 unspecified atom stereocenters. The van der Waals surface area contributed by atoms with Gasteiger partial charge < -0.3 is 72.6 Å². The van der Waals surface area contributed by atoms with Gasteiger partial charge in [0.2, 0.25) is 0 Å². The predicted molar refractivity (Wildman–Crippen MR) is 130 cm³/mol. The van der Waals surface area contributed by atoms with Crippen LogP contribution in [0.4, 0.5) is 0 Å². The third kappa shape index (κ3) is 6.34. The normalized spacial score (nSPS) is 50.8. The third-order valence-electron chi connectivity index (χ3n) is 7.78. The third-order valence-corrected chi connectivity index (χ3v) is 7.78. The number of aliphatic hydroxyl groups excluding tert-OH is 3. The van der Waals surface area contributed by atoms with Crippen LogP contribution in [0.1, 0.15) is 32.6 Å². The Morgan fingerprint density at radius 2 is 1.59 bits per heavy atom. The molecule has 3 heterocycles. The van der Waals surface area contributed by atoms with E-state index in [1.165, 1.54) is 0 Å². The van der Waals surface area contributed by atoms with Crippen LogP contribution in [-0.4, -0.2) is 120 Å². The molecule has 0 bridgehead atoms. The molecule has 15 nitrogen and oxygen atoms in total.